The molecule has 0 spiro atoms. The minimum Gasteiger partial charge on any atom is -0.497 e. The van der Waals surface area contributed by atoms with Crippen molar-refractivity contribution in [2.75, 3.05) is 34.0 Å². The summed E-state index contributed by atoms with van der Waals surface area (Å²) < 4.78 is 40.0. The molecule has 236 valence electrons. The molecule has 9 nitrogen and oxygen atoms in total. The Kier molecular flexibility index (Phi) is 13.3. The Balaban J connectivity index is 1.33. The number of allylic oxidation sites excluding steroid dienone is 1. The summed E-state index contributed by atoms with van der Waals surface area (Å²) in [5.41, 5.74) is 3.16. The van der Waals surface area contributed by atoms with E-state index in [0.29, 0.717) is 45.5 Å². The molecule has 1 aromatic carbocycles. The summed E-state index contributed by atoms with van der Waals surface area (Å²) in [7, 11) is 2.95. The number of ketones is 1. The van der Waals surface area contributed by atoms with Gasteiger partial charge in [-0.3, -0.25) is 4.79 Å². The van der Waals surface area contributed by atoms with Gasteiger partial charge in [-0.2, -0.15) is 0 Å². The summed E-state index contributed by atoms with van der Waals surface area (Å²) in [4.78, 5) is 25.7. The Bertz CT molecular complexity index is 1070. The highest BCUT2D eigenvalue weighted by atomic mass is 16.8. The molecular formula is C34H46O9. The minimum absolute atomic E-state index is 0.0754. The second-order valence-corrected chi connectivity index (χ2v) is 11.1. The average Bonchev–Trinajstić information content (AvgIpc) is 3.39. The van der Waals surface area contributed by atoms with Gasteiger partial charge >= 0.3 is 5.97 Å². The van der Waals surface area contributed by atoms with Gasteiger partial charge in [0.05, 0.1) is 20.8 Å². The molecule has 0 N–H and O–H groups in total. The van der Waals surface area contributed by atoms with E-state index in [2.05, 4.69) is 17.9 Å². The first-order valence-corrected chi connectivity index (χ1v) is 15.6. The molecule has 2 unspecified atom stereocenters. The number of ether oxygens (including phenoxy) is 7. The molecule has 2 saturated heterocycles. The van der Waals surface area contributed by atoms with Gasteiger partial charge in [0.25, 0.3) is 5.79 Å². The number of hydrogen-bond acceptors (Lipinski definition) is 9. The lowest BCUT2D eigenvalue weighted by molar-refractivity contribution is -0.350. The van der Waals surface area contributed by atoms with Crippen LogP contribution in [0.1, 0.15) is 70.6 Å². The predicted molar refractivity (Wildman–Crippen MR) is 159 cm³/mol. The number of benzene rings is 1. The zero-order valence-corrected chi connectivity index (χ0v) is 25.5. The van der Waals surface area contributed by atoms with Crippen molar-refractivity contribution < 1.29 is 42.7 Å². The molecule has 0 radical (unpaired) electrons. The summed E-state index contributed by atoms with van der Waals surface area (Å²) in [5.74, 6) is -0.405. The lowest BCUT2D eigenvalue weighted by Gasteiger charge is -2.38. The van der Waals surface area contributed by atoms with Crippen LogP contribution in [0.3, 0.4) is 0 Å². The van der Waals surface area contributed by atoms with E-state index in [4.69, 9.17) is 33.2 Å². The number of Topliss-reactive ketones (excluding diaryl/α,β-unsaturated/α-hetero) is 1. The molecule has 2 aliphatic heterocycles. The quantitative estimate of drug-likeness (QED) is 0.0784. The molecule has 3 aliphatic rings. The van der Waals surface area contributed by atoms with Crippen molar-refractivity contribution in [3.05, 3.63) is 54.3 Å². The van der Waals surface area contributed by atoms with Crippen LogP contribution in [-0.2, 0) is 33.3 Å². The number of rotatable bonds is 15. The van der Waals surface area contributed by atoms with Gasteiger partial charge in [0.1, 0.15) is 17.3 Å². The fourth-order valence-corrected chi connectivity index (χ4v) is 5.62. The van der Waals surface area contributed by atoms with Gasteiger partial charge in [-0.1, -0.05) is 12.2 Å². The fraction of sp³-hybridized carbons (Fsp3) is 0.618. The van der Waals surface area contributed by atoms with E-state index in [1.54, 1.807) is 13.2 Å². The topological polar surface area (TPSA) is 98.8 Å². The fourth-order valence-electron chi connectivity index (χ4n) is 5.62. The van der Waals surface area contributed by atoms with E-state index < -0.39 is 24.3 Å². The summed E-state index contributed by atoms with van der Waals surface area (Å²) >= 11 is 0. The van der Waals surface area contributed by atoms with Gasteiger partial charge in [0.2, 0.25) is 0 Å². The Morgan fingerprint density at radius 1 is 0.953 bits per heavy atom. The Labute approximate surface area is 255 Å². The van der Waals surface area contributed by atoms with Crippen molar-refractivity contribution in [2.45, 2.75) is 89.0 Å². The highest BCUT2D eigenvalue weighted by Crippen LogP contribution is 2.33. The molecule has 2 heterocycles. The minimum atomic E-state index is -1.71. The van der Waals surface area contributed by atoms with E-state index in [9.17, 15) is 9.59 Å². The highest BCUT2D eigenvalue weighted by Gasteiger charge is 2.47. The molecule has 1 aromatic rings. The van der Waals surface area contributed by atoms with Gasteiger partial charge in [0, 0.05) is 32.0 Å². The molecule has 9 heteroatoms. The smallest absolute Gasteiger partial charge is 0.367 e. The van der Waals surface area contributed by atoms with Gasteiger partial charge in [-0.05, 0) is 100 Å². The number of esters is 1. The largest absolute Gasteiger partial charge is 0.497 e. The molecule has 0 bridgehead atoms. The molecule has 0 amide bonds. The number of carbonyl (C=O) groups is 2. The second kappa shape index (κ2) is 17.4. The third-order valence-electron chi connectivity index (χ3n) is 8.04. The number of carbonyl (C=O) groups excluding carboxylic acids is 2. The summed E-state index contributed by atoms with van der Waals surface area (Å²) in [6.07, 6.45) is 14.6. The number of methoxy groups -OCH3 is 2. The van der Waals surface area contributed by atoms with E-state index >= 15 is 0 Å². The van der Waals surface area contributed by atoms with Crippen molar-refractivity contribution in [1.82, 2.24) is 0 Å². The highest BCUT2D eigenvalue weighted by molar-refractivity contribution is 5.83. The van der Waals surface area contributed by atoms with Gasteiger partial charge in [-0.15, -0.1) is 5.73 Å². The average molecular weight is 599 g/mol. The summed E-state index contributed by atoms with van der Waals surface area (Å²) in [5, 5.41) is 0. The zero-order valence-electron chi connectivity index (χ0n) is 25.5. The van der Waals surface area contributed by atoms with Crippen LogP contribution in [0.2, 0.25) is 0 Å². The van der Waals surface area contributed by atoms with Crippen LogP contribution < -0.4 is 9.47 Å². The maximum absolute atomic E-state index is 13.1. The van der Waals surface area contributed by atoms with E-state index in [0.717, 1.165) is 50.0 Å². The summed E-state index contributed by atoms with van der Waals surface area (Å²) in [6, 6.07) is 7.51. The molecule has 4 rings (SSSR count). The molecule has 4 atom stereocenters. The van der Waals surface area contributed by atoms with Gasteiger partial charge in [0.15, 0.2) is 12.6 Å². The van der Waals surface area contributed by atoms with Gasteiger partial charge < -0.3 is 33.2 Å². The molecule has 1 saturated carbocycles. The third-order valence-corrected chi connectivity index (χ3v) is 8.04. The van der Waals surface area contributed by atoms with E-state index in [1.165, 1.54) is 7.11 Å². The van der Waals surface area contributed by atoms with Crippen LogP contribution in [0.15, 0.2) is 54.3 Å². The lowest BCUT2D eigenvalue weighted by Crippen LogP contribution is -2.51. The second-order valence-electron chi connectivity index (χ2n) is 11.1. The van der Waals surface area contributed by atoms with Crippen molar-refractivity contribution in [3.63, 3.8) is 0 Å². The van der Waals surface area contributed by atoms with E-state index in [-0.39, 0.29) is 24.0 Å². The van der Waals surface area contributed by atoms with Crippen LogP contribution in [0.5, 0.6) is 11.5 Å². The number of hydrogen-bond donors (Lipinski definition) is 0. The Hall–Kier alpha value is -2.94. The van der Waals surface area contributed by atoms with Crippen molar-refractivity contribution >= 4 is 11.8 Å². The standard InChI is InChI=1S/C34H46O9/c1-37-27-17-19-28(20-18-27)39-23-9-5-12-26-16-21-30(35)29(26)13-4-3-8-22-34(33(36)38-2,42-31-14-6-10-24-40-31)43-32-15-7-11-25-41-32/h4-5,8,12,17-20,26,29,31-32H,6-7,9-11,13-16,21-25H2,1-2H3/b12-5+/t3?,26-,29+,31?,32?,34?/m0/s1. The molecule has 3 fully saturated rings. The van der Waals surface area contributed by atoms with Crippen LogP contribution in [0.4, 0.5) is 0 Å². The van der Waals surface area contributed by atoms with E-state index in [1.807, 2.05) is 30.3 Å². The first-order chi connectivity index (χ1) is 21.0. The molecule has 1 aliphatic carbocycles. The lowest BCUT2D eigenvalue weighted by atomic mass is 9.91. The van der Waals surface area contributed by atoms with Crippen molar-refractivity contribution in [3.8, 4) is 11.5 Å². The van der Waals surface area contributed by atoms with Gasteiger partial charge in [-0.25, -0.2) is 4.79 Å². The molecule has 43 heavy (non-hydrogen) atoms. The van der Waals surface area contributed by atoms with Crippen LogP contribution in [0.25, 0.3) is 0 Å². The van der Waals surface area contributed by atoms with Crippen LogP contribution >= 0.6 is 0 Å². The van der Waals surface area contributed by atoms with Crippen molar-refractivity contribution in [2.24, 2.45) is 11.8 Å². The molecule has 0 aromatic heterocycles. The monoisotopic (exact) mass is 598 g/mol. The Morgan fingerprint density at radius 2 is 1.63 bits per heavy atom. The Morgan fingerprint density at radius 3 is 2.23 bits per heavy atom. The molecular weight excluding hydrogens is 552 g/mol. The maximum atomic E-state index is 13.1. The summed E-state index contributed by atoms with van der Waals surface area (Å²) in [6.45, 7) is 1.69. The SMILES string of the molecule is COC(=O)C(CC=C=CC[C@H]1C(=O)CC[C@@H]1/C=C/CCOc1ccc(OC)cc1)(OC1CCCCO1)OC1CCCCO1. The van der Waals surface area contributed by atoms with Crippen molar-refractivity contribution in [1.29, 1.82) is 0 Å². The predicted octanol–water partition coefficient (Wildman–Crippen LogP) is 6.06. The zero-order chi connectivity index (χ0) is 30.3. The normalized spacial score (nSPS) is 25.5. The van der Waals surface area contributed by atoms with Crippen LogP contribution in [-0.4, -0.2) is 64.2 Å². The first-order valence-electron chi connectivity index (χ1n) is 15.6. The third kappa shape index (κ3) is 10.1. The first kappa shape index (κ1) is 33.0. The van der Waals surface area contributed by atoms with Crippen LogP contribution in [0, 0.1) is 11.8 Å². The maximum Gasteiger partial charge on any atom is 0.367 e.